The van der Waals surface area contributed by atoms with Crippen LogP contribution in [0.2, 0.25) is 5.02 Å². The topological polar surface area (TPSA) is 67.6 Å². The summed E-state index contributed by atoms with van der Waals surface area (Å²) in [5.74, 6) is 1.45. The van der Waals surface area contributed by atoms with E-state index in [0.29, 0.717) is 12.2 Å². The number of anilines is 1. The summed E-state index contributed by atoms with van der Waals surface area (Å²) < 4.78 is 0. The van der Waals surface area contributed by atoms with E-state index < -0.39 is 0 Å². The number of nitrogen functional groups attached to an aromatic ring is 1. The van der Waals surface area contributed by atoms with Crippen molar-refractivity contribution in [3.05, 3.63) is 64.4 Å². The molecule has 3 aromatic rings. The lowest BCUT2D eigenvalue weighted by Crippen LogP contribution is -1.92. The molecule has 5 heteroatoms. The van der Waals surface area contributed by atoms with Gasteiger partial charge in [0.1, 0.15) is 5.82 Å². The highest BCUT2D eigenvalue weighted by Gasteiger charge is 2.08. The van der Waals surface area contributed by atoms with Crippen molar-refractivity contribution in [1.82, 2.24) is 15.2 Å². The molecule has 3 N–H and O–H groups in total. The number of aromatic nitrogens is 3. The van der Waals surface area contributed by atoms with Gasteiger partial charge in [-0.25, -0.2) is 4.98 Å². The molecule has 0 spiro atoms. The molecule has 0 unspecified atom stereocenters. The molecule has 1 heterocycles. The molecule has 106 valence electrons. The molecular weight excluding hydrogens is 284 g/mol. The fraction of sp³-hybridized carbons (Fsp3) is 0.125. The summed E-state index contributed by atoms with van der Waals surface area (Å²) in [5.41, 5.74) is 9.72. The third-order valence-corrected chi connectivity index (χ3v) is 3.56. The summed E-state index contributed by atoms with van der Waals surface area (Å²) >= 11 is 5.98. The van der Waals surface area contributed by atoms with Gasteiger partial charge in [-0.3, -0.25) is 5.10 Å². The van der Waals surface area contributed by atoms with Crippen molar-refractivity contribution in [1.29, 1.82) is 0 Å². The van der Waals surface area contributed by atoms with E-state index in [2.05, 4.69) is 15.2 Å². The summed E-state index contributed by atoms with van der Waals surface area (Å²) in [6, 6.07) is 13.5. The smallest absolute Gasteiger partial charge is 0.181 e. The average Bonchev–Trinajstić information content (AvgIpc) is 2.90. The highest BCUT2D eigenvalue weighted by molar-refractivity contribution is 6.30. The van der Waals surface area contributed by atoms with Crippen molar-refractivity contribution >= 4 is 17.3 Å². The van der Waals surface area contributed by atoms with E-state index in [0.717, 1.165) is 33.2 Å². The monoisotopic (exact) mass is 298 g/mol. The van der Waals surface area contributed by atoms with Crippen LogP contribution in [0.25, 0.3) is 11.4 Å². The molecule has 1 aromatic heterocycles. The van der Waals surface area contributed by atoms with Crippen molar-refractivity contribution in [2.75, 3.05) is 5.73 Å². The molecule has 4 nitrogen and oxygen atoms in total. The number of H-pyrrole nitrogens is 1. The predicted molar refractivity (Wildman–Crippen MR) is 85.2 cm³/mol. The van der Waals surface area contributed by atoms with Crippen molar-refractivity contribution < 1.29 is 0 Å². The molecule has 0 aliphatic heterocycles. The predicted octanol–water partition coefficient (Wildman–Crippen LogP) is 3.61. The quantitative estimate of drug-likeness (QED) is 0.726. The van der Waals surface area contributed by atoms with Crippen LogP contribution in [0.5, 0.6) is 0 Å². The van der Waals surface area contributed by atoms with Gasteiger partial charge in [0, 0.05) is 22.7 Å². The first kappa shape index (κ1) is 13.6. The van der Waals surface area contributed by atoms with Gasteiger partial charge in [-0.2, -0.15) is 5.10 Å². The standard InChI is InChI=1S/C16H15ClN4/c1-10-5-6-12(9-14(10)18)16-19-15(20-21-16)8-11-3-2-4-13(17)7-11/h2-7,9H,8,18H2,1H3,(H,19,20,21). The Morgan fingerprint density at radius 1 is 1.19 bits per heavy atom. The van der Waals surface area contributed by atoms with E-state index >= 15 is 0 Å². The van der Waals surface area contributed by atoms with Crippen LogP contribution >= 0.6 is 11.6 Å². The number of nitrogens with two attached hydrogens (primary N) is 1. The van der Waals surface area contributed by atoms with E-state index in [4.69, 9.17) is 17.3 Å². The molecule has 3 rings (SSSR count). The molecule has 0 amide bonds. The Labute approximate surface area is 128 Å². The lowest BCUT2D eigenvalue weighted by atomic mass is 10.1. The molecule has 0 saturated carbocycles. The number of benzene rings is 2. The Kier molecular flexibility index (Phi) is 3.62. The molecule has 21 heavy (non-hydrogen) atoms. The molecule has 0 aliphatic rings. The first-order chi connectivity index (χ1) is 10.1. The third-order valence-electron chi connectivity index (χ3n) is 3.33. The van der Waals surface area contributed by atoms with Gasteiger partial charge in [-0.1, -0.05) is 35.9 Å². The van der Waals surface area contributed by atoms with Gasteiger partial charge >= 0.3 is 0 Å². The number of rotatable bonds is 3. The summed E-state index contributed by atoms with van der Waals surface area (Å²) in [7, 11) is 0. The third kappa shape index (κ3) is 3.06. The van der Waals surface area contributed by atoms with Crippen LogP contribution in [0.15, 0.2) is 42.5 Å². The van der Waals surface area contributed by atoms with E-state index in [9.17, 15) is 0 Å². The summed E-state index contributed by atoms with van der Waals surface area (Å²) in [4.78, 5) is 4.51. The van der Waals surface area contributed by atoms with Crippen LogP contribution < -0.4 is 5.73 Å². The number of aryl methyl sites for hydroxylation is 1. The highest BCUT2D eigenvalue weighted by Crippen LogP contribution is 2.21. The molecular formula is C16H15ClN4. The first-order valence-electron chi connectivity index (χ1n) is 6.64. The number of aromatic amines is 1. The van der Waals surface area contributed by atoms with Gasteiger partial charge in [0.15, 0.2) is 5.82 Å². The number of hydrogen-bond donors (Lipinski definition) is 2. The number of nitrogens with zero attached hydrogens (tertiary/aromatic N) is 2. The van der Waals surface area contributed by atoms with Gasteiger partial charge in [0.05, 0.1) is 0 Å². The van der Waals surface area contributed by atoms with Crippen LogP contribution in [-0.4, -0.2) is 15.2 Å². The molecule has 0 radical (unpaired) electrons. The maximum Gasteiger partial charge on any atom is 0.181 e. The van der Waals surface area contributed by atoms with E-state index in [1.165, 1.54) is 0 Å². The molecule has 0 atom stereocenters. The summed E-state index contributed by atoms with van der Waals surface area (Å²) in [6.45, 7) is 1.97. The second-order valence-corrected chi connectivity index (χ2v) is 5.42. The van der Waals surface area contributed by atoms with Crippen LogP contribution in [-0.2, 0) is 6.42 Å². The lowest BCUT2D eigenvalue weighted by molar-refractivity contribution is 0.973. The molecule has 0 fully saturated rings. The van der Waals surface area contributed by atoms with Crippen molar-refractivity contribution in [2.45, 2.75) is 13.3 Å². The summed E-state index contributed by atoms with van der Waals surface area (Å²) in [5, 5.41) is 7.93. The minimum absolute atomic E-state index is 0.652. The van der Waals surface area contributed by atoms with Gasteiger partial charge in [-0.15, -0.1) is 0 Å². The van der Waals surface area contributed by atoms with Gasteiger partial charge < -0.3 is 5.73 Å². The van der Waals surface area contributed by atoms with Crippen molar-refractivity contribution in [3.63, 3.8) is 0 Å². The van der Waals surface area contributed by atoms with E-state index in [1.54, 1.807) is 0 Å². The van der Waals surface area contributed by atoms with Crippen LogP contribution in [0.1, 0.15) is 17.0 Å². The Morgan fingerprint density at radius 2 is 2.05 bits per heavy atom. The number of nitrogens with one attached hydrogen (secondary N) is 1. The van der Waals surface area contributed by atoms with Crippen LogP contribution in [0, 0.1) is 6.92 Å². The normalized spacial score (nSPS) is 10.8. The van der Waals surface area contributed by atoms with Gasteiger partial charge in [0.25, 0.3) is 0 Å². The zero-order valence-electron chi connectivity index (χ0n) is 11.6. The SMILES string of the molecule is Cc1ccc(-c2n[nH]c(Cc3cccc(Cl)c3)n2)cc1N. The maximum atomic E-state index is 5.98. The lowest BCUT2D eigenvalue weighted by Gasteiger charge is -2.01. The zero-order valence-corrected chi connectivity index (χ0v) is 12.4. The largest absolute Gasteiger partial charge is 0.398 e. The van der Waals surface area contributed by atoms with Crippen molar-refractivity contribution in [2.24, 2.45) is 0 Å². The fourth-order valence-electron chi connectivity index (χ4n) is 2.12. The van der Waals surface area contributed by atoms with E-state index in [-0.39, 0.29) is 0 Å². The van der Waals surface area contributed by atoms with Gasteiger partial charge in [-0.05, 0) is 36.2 Å². The Bertz CT molecular complexity index is 779. The molecule has 0 bridgehead atoms. The maximum absolute atomic E-state index is 5.98. The molecule has 0 aliphatic carbocycles. The molecule has 2 aromatic carbocycles. The molecule has 0 saturated heterocycles. The second kappa shape index (κ2) is 5.58. The summed E-state index contributed by atoms with van der Waals surface area (Å²) in [6.07, 6.45) is 0.662. The number of halogens is 1. The second-order valence-electron chi connectivity index (χ2n) is 4.98. The Hall–Kier alpha value is -2.33. The highest BCUT2D eigenvalue weighted by atomic mass is 35.5. The zero-order chi connectivity index (χ0) is 14.8. The first-order valence-corrected chi connectivity index (χ1v) is 7.02. The van der Waals surface area contributed by atoms with Crippen molar-refractivity contribution in [3.8, 4) is 11.4 Å². The Balaban J connectivity index is 1.84. The van der Waals surface area contributed by atoms with Crippen LogP contribution in [0.4, 0.5) is 5.69 Å². The minimum Gasteiger partial charge on any atom is -0.398 e. The minimum atomic E-state index is 0.652. The van der Waals surface area contributed by atoms with E-state index in [1.807, 2.05) is 49.4 Å². The fourth-order valence-corrected chi connectivity index (χ4v) is 2.34. The number of hydrogen-bond acceptors (Lipinski definition) is 3. The van der Waals surface area contributed by atoms with Crippen LogP contribution in [0.3, 0.4) is 0 Å². The average molecular weight is 299 g/mol. The van der Waals surface area contributed by atoms with Gasteiger partial charge in [0.2, 0.25) is 0 Å². The Morgan fingerprint density at radius 3 is 2.81 bits per heavy atom.